The van der Waals surface area contributed by atoms with E-state index < -0.39 is 21.7 Å². The number of likely N-dealkylation sites (N-methyl/N-ethyl adjacent to an activating group) is 1. The van der Waals surface area contributed by atoms with E-state index in [-0.39, 0.29) is 4.41 Å². The number of hydrogen-bond acceptors (Lipinski definition) is 4. The Morgan fingerprint density at radius 2 is 1.83 bits per heavy atom. The normalized spacial score (nSPS) is 28.0. The fourth-order valence-electron chi connectivity index (χ4n) is 0.929. The van der Waals surface area contributed by atoms with Crippen molar-refractivity contribution in [3.63, 3.8) is 0 Å². The number of hydrogen-bond donors (Lipinski definition) is 1. The van der Waals surface area contributed by atoms with Gasteiger partial charge in [0.05, 0.1) is 0 Å². The second-order valence-corrected chi connectivity index (χ2v) is 4.97. The van der Waals surface area contributed by atoms with Crippen LogP contribution in [0, 0.1) is 0 Å². The molecule has 1 fully saturated rings. The molecule has 6 nitrogen and oxygen atoms in total. The van der Waals surface area contributed by atoms with Crippen LogP contribution in [-0.4, -0.2) is 35.6 Å². The van der Waals surface area contributed by atoms with E-state index in [1.54, 1.807) is 0 Å². The Labute approximate surface area is 71.1 Å². The van der Waals surface area contributed by atoms with E-state index in [1.807, 2.05) is 0 Å². The Hall–Kier alpha value is -0.660. The molecule has 12 heavy (non-hydrogen) atoms. The van der Waals surface area contributed by atoms with Crippen LogP contribution in [0.25, 0.3) is 0 Å². The van der Waals surface area contributed by atoms with Crippen LogP contribution in [0.3, 0.4) is 0 Å². The van der Waals surface area contributed by atoms with Gasteiger partial charge in [-0.1, -0.05) is 0 Å². The van der Waals surface area contributed by atoms with Crippen molar-refractivity contribution in [3.05, 3.63) is 0 Å². The molecule has 0 aliphatic carbocycles. The summed E-state index contributed by atoms with van der Waals surface area (Å²) < 4.78 is 23.7. The van der Waals surface area contributed by atoms with Gasteiger partial charge in [0.15, 0.2) is 0 Å². The first kappa shape index (κ1) is 9.43. The highest BCUT2D eigenvalue weighted by Crippen LogP contribution is 2.27. The van der Waals surface area contributed by atoms with Gasteiger partial charge >= 0.3 is 10.2 Å². The fourth-order valence-corrected chi connectivity index (χ4v) is 2.28. The summed E-state index contributed by atoms with van der Waals surface area (Å²) in [4.78, 5) is 11.2. The van der Waals surface area contributed by atoms with E-state index in [1.165, 1.54) is 20.9 Å². The molecule has 1 rings (SSSR count). The van der Waals surface area contributed by atoms with Crippen molar-refractivity contribution in [1.82, 2.24) is 8.72 Å². The molecule has 1 aliphatic rings. The highest BCUT2D eigenvalue weighted by atomic mass is 32.2. The zero-order valence-corrected chi connectivity index (χ0v) is 7.92. The molecular formula is C5H11N3O3S. The van der Waals surface area contributed by atoms with Crippen molar-refractivity contribution >= 4 is 16.1 Å². The topological polar surface area (TPSA) is 83.7 Å². The molecule has 0 aromatic carbocycles. The molecule has 1 amide bonds. The molecule has 0 aromatic heterocycles. The molecule has 0 saturated carbocycles. The van der Waals surface area contributed by atoms with Gasteiger partial charge in [0.25, 0.3) is 5.91 Å². The SMILES string of the molecule is CN1C(C)(C)C(=O)N(N)S1(=O)=O. The lowest BCUT2D eigenvalue weighted by atomic mass is 10.1. The van der Waals surface area contributed by atoms with Gasteiger partial charge in [-0.15, -0.1) is 0 Å². The molecule has 1 saturated heterocycles. The fraction of sp³-hybridized carbons (Fsp3) is 0.800. The summed E-state index contributed by atoms with van der Waals surface area (Å²) in [5.74, 6) is 4.46. The number of carbonyl (C=O) groups excluding carboxylic acids is 1. The lowest BCUT2D eigenvalue weighted by molar-refractivity contribution is -0.131. The Morgan fingerprint density at radius 3 is 1.92 bits per heavy atom. The summed E-state index contributed by atoms with van der Waals surface area (Å²) in [6, 6.07) is 0. The molecule has 0 atom stereocenters. The maximum atomic E-state index is 11.2. The molecule has 0 unspecified atom stereocenters. The number of amides is 1. The number of hydrazine groups is 1. The predicted molar refractivity (Wildman–Crippen MR) is 41.8 cm³/mol. The van der Waals surface area contributed by atoms with E-state index >= 15 is 0 Å². The second kappa shape index (κ2) is 2.18. The Bertz CT molecular complexity index is 321. The molecule has 70 valence electrons. The van der Waals surface area contributed by atoms with Crippen LogP contribution in [0.15, 0.2) is 0 Å². The van der Waals surface area contributed by atoms with E-state index in [2.05, 4.69) is 0 Å². The van der Waals surface area contributed by atoms with Gasteiger partial charge in [-0.2, -0.15) is 17.1 Å². The lowest BCUT2D eigenvalue weighted by Gasteiger charge is -2.19. The van der Waals surface area contributed by atoms with Crippen molar-refractivity contribution in [2.45, 2.75) is 19.4 Å². The Kier molecular flexibility index (Phi) is 1.71. The van der Waals surface area contributed by atoms with E-state index in [0.717, 1.165) is 4.31 Å². The van der Waals surface area contributed by atoms with E-state index in [0.29, 0.717) is 0 Å². The molecule has 0 spiro atoms. The highest BCUT2D eigenvalue weighted by molar-refractivity contribution is 7.87. The second-order valence-electron chi connectivity index (χ2n) is 3.14. The van der Waals surface area contributed by atoms with Gasteiger partial charge in [-0.25, -0.2) is 5.84 Å². The van der Waals surface area contributed by atoms with Gasteiger partial charge in [-0.05, 0) is 13.8 Å². The van der Waals surface area contributed by atoms with Crippen molar-refractivity contribution in [2.75, 3.05) is 7.05 Å². The largest absolute Gasteiger partial charge is 0.320 e. The third-order valence-corrected chi connectivity index (χ3v) is 3.92. The molecule has 2 N–H and O–H groups in total. The van der Waals surface area contributed by atoms with Gasteiger partial charge in [0.2, 0.25) is 0 Å². The van der Waals surface area contributed by atoms with Gasteiger partial charge in [-0.3, -0.25) is 4.79 Å². The van der Waals surface area contributed by atoms with Crippen LogP contribution < -0.4 is 5.84 Å². The number of nitrogens with two attached hydrogens (primary N) is 1. The molecule has 0 bridgehead atoms. The summed E-state index contributed by atoms with van der Waals surface area (Å²) in [5, 5.41) is 0. The van der Waals surface area contributed by atoms with Gasteiger partial charge in [0.1, 0.15) is 5.54 Å². The minimum atomic E-state index is -3.77. The quantitative estimate of drug-likeness (QED) is 0.381. The lowest BCUT2D eigenvalue weighted by Crippen LogP contribution is -2.42. The molecule has 0 aromatic rings. The van der Waals surface area contributed by atoms with Crippen molar-refractivity contribution < 1.29 is 13.2 Å². The third-order valence-electron chi connectivity index (χ3n) is 2.11. The summed E-state index contributed by atoms with van der Waals surface area (Å²) in [6.07, 6.45) is 0. The van der Waals surface area contributed by atoms with Gasteiger partial charge in [0, 0.05) is 7.05 Å². The molecule has 0 radical (unpaired) electrons. The number of nitrogens with zero attached hydrogens (tertiary/aromatic N) is 2. The maximum Gasteiger partial charge on any atom is 0.320 e. The average molecular weight is 193 g/mol. The van der Waals surface area contributed by atoms with Crippen LogP contribution in [0.4, 0.5) is 0 Å². The molecule has 1 heterocycles. The minimum absolute atomic E-state index is 0.271. The van der Waals surface area contributed by atoms with Crippen LogP contribution in [0.2, 0.25) is 0 Å². The first-order valence-corrected chi connectivity index (χ1v) is 4.70. The van der Waals surface area contributed by atoms with Crippen LogP contribution >= 0.6 is 0 Å². The summed E-state index contributed by atoms with van der Waals surface area (Å²) in [6.45, 7) is 3.00. The van der Waals surface area contributed by atoms with E-state index in [4.69, 9.17) is 5.84 Å². The summed E-state index contributed by atoms with van der Waals surface area (Å²) in [7, 11) is -2.45. The smallest absolute Gasteiger partial charge is 0.270 e. The maximum absolute atomic E-state index is 11.2. The summed E-state index contributed by atoms with van der Waals surface area (Å²) >= 11 is 0. The zero-order chi connectivity index (χ0) is 9.73. The molecule has 7 heteroatoms. The highest BCUT2D eigenvalue weighted by Gasteiger charge is 2.53. The Balaban J connectivity index is 3.31. The third kappa shape index (κ3) is 0.869. The number of carbonyl (C=O) groups is 1. The monoisotopic (exact) mass is 193 g/mol. The van der Waals surface area contributed by atoms with Gasteiger partial charge < -0.3 is 0 Å². The number of rotatable bonds is 0. The molecular weight excluding hydrogens is 182 g/mol. The minimum Gasteiger partial charge on any atom is -0.270 e. The van der Waals surface area contributed by atoms with Crippen LogP contribution in [0.1, 0.15) is 13.8 Å². The first-order valence-electron chi connectivity index (χ1n) is 3.31. The predicted octanol–water partition coefficient (Wildman–Crippen LogP) is -1.34. The first-order chi connectivity index (χ1) is 5.22. The Morgan fingerprint density at radius 1 is 1.42 bits per heavy atom. The average Bonchev–Trinajstić information content (AvgIpc) is 2.06. The van der Waals surface area contributed by atoms with Crippen LogP contribution in [-0.2, 0) is 15.0 Å². The zero-order valence-electron chi connectivity index (χ0n) is 7.10. The van der Waals surface area contributed by atoms with E-state index in [9.17, 15) is 13.2 Å². The van der Waals surface area contributed by atoms with Crippen molar-refractivity contribution in [2.24, 2.45) is 5.84 Å². The van der Waals surface area contributed by atoms with Crippen molar-refractivity contribution in [3.8, 4) is 0 Å². The van der Waals surface area contributed by atoms with Crippen LogP contribution in [0.5, 0.6) is 0 Å². The van der Waals surface area contributed by atoms with Crippen molar-refractivity contribution in [1.29, 1.82) is 0 Å². The molecule has 1 aliphatic heterocycles. The summed E-state index contributed by atoms with van der Waals surface area (Å²) in [5.41, 5.74) is -1.08. The standard InChI is InChI=1S/C5H11N3O3S/c1-5(2)4(9)8(6)12(10,11)7(5)3/h6H2,1-3H3.